The fourth-order valence-electron chi connectivity index (χ4n) is 4.06. The molecular formula is C18H29N3O. The van der Waals surface area contributed by atoms with Gasteiger partial charge >= 0.3 is 0 Å². The molecule has 122 valence electrons. The van der Waals surface area contributed by atoms with Gasteiger partial charge in [0.25, 0.3) is 0 Å². The third-order valence-corrected chi connectivity index (χ3v) is 5.63. The molecule has 1 aromatic rings. The Morgan fingerprint density at radius 2 is 1.77 bits per heavy atom. The highest BCUT2D eigenvalue weighted by Gasteiger charge is 2.42. The first kappa shape index (κ1) is 15.6. The zero-order chi connectivity index (χ0) is 15.6. The highest BCUT2D eigenvalue weighted by Crippen LogP contribution is 2.40. The minimum Gasteiger partial charge on any atom is -0.342 e. The topological polar surface area (TPSA) is 28.5 Å². The number of carbonyl (C=O) groups is 1. The number of nitrogens with zero attached hydrogens (tertiary/aromatic N) is 3. The standard InChI is InChI=1S/C18H29N3O/c1-3-6-16(20-10-4-5-11-20)17(22)21-14-9-18(15-21)7-12-19(2)13-8-18/h4-5,10-11,16H,3,6-9,12-15H2,1-2H3/t16-/m1/s1. The minimum absolute atomic E-state index is 0.0126. The molecular weight excluding hydrogens is 274 g/mol. The first-order chi connectivity index (χ1) is 10.6. The van der Waals surface area contributed by atoms with Crippen LogP contribution in [0.3, 0.4) is 0 Å². The van der Waals surface area contributed by atoms with Gasteiger partial charge in [0.2, 0.25) is 5.91 Å². The lowest BCUT2D eigenvalue weighted by Gasteiger charge is -2.37. The van der Waals surface area contributed by atoms with Gasteiger partial charge in [-0.1, -0.05) is 13.3 Å². The van der Waals surface area contributed by atoms with Gasteiger partial charge in [0, 0.05) is 25.5 Å². The molecule has 0 aliphatic carbocycles. The summed E-state index contributed by atoms with van der Waals surface area (Å²) in [6.45, 7) is 6.44. The van der Waals surface area contributed by atoms with Crippen molar-refractivity contribution in [1.29, 1.82) is 0 Å². The van der Waals surface area contributed by atoms with Crippen LogP contribution in [0.1, 0.15) is 45.1 Å². The van der Waals surface area contributed by atoms with Crippen LogP contribution in [0.25, 0.3) is 0 Å². The summed E-state index contributed by atoms with van der Waals surface area (Å²) in [6.07, 6.45) is 9.71. The molecule has 2 fully saturated rings. The van der Waals surface area contributed by atoms with E-state index >= 15 is 0 Å². The summed E-state index contributed by atoms with van der Waals surface area (Å²) in [4.78, 5) is 17.6. The van der Waals surface area contributed by atoms with E-state index in [1.54, 1.807) is 0 Å². The number of likely N-dealkylation sites (tertiary alicyclic amines) is 2. The van der Waals surface area contributed by atoms with E-state index in [0.717, 1.165) is 25.9 Å². The minimum atomic E-state index is -0.0126. The average Bonchev–Trinajstić information content (AvgIpc) is 3.18. The van der Waals surface area contributed by atoms with Crippen LogP contribution in [0.2, 0.25) is 0 Å². The SMILES string of the molecule is CCC[C@H](C(=O)N1CCC2(CCN(C)CC2)C1)n1cccc1. The van der Waals surface area contributed by atoms with Gasteiger partial charge in [0.15, 0.2) is 0 Å². The Morgan fingerprint density at radius 3 is 2.41 bits per heavy atom. The summed E-state index contributed by atoms with van der Waals surface area (Å²) in [5.41, 5.74) is 0.398. The molecule has 22 heavy (non-hydrogen) atoms. The molecule has 1 amide bonds. The van der Waals surface area contributed by atoms with E-state index in [2.05, 4.69) is 28.3 Å². The second-order valence-electron chi connectivity index (χ2n) is 7.25. The van der Waals surface area contributed by atoms with E-state index in [-0.39, 0.29) is 6.04 Å². The van der Waals surface area contributed by atoms with Gasteiger partial charge in [0.1, 0.15) is 6.04 Å². The van der Waals surface area contributed by atoms with Crippen molar-refractivity contribution in [3.63, 3.8) is 0 Å². The van der Waals surface area contributed by atoms with E-state index in [1.165, 1.54) is 32.4 Å². The fraction of sp³-hybridized carbons (Fsp3) is 0.722. The second-order valence-corrected chi connectivity index (χ2v) is 7.25. The summed E-state index contributed by atoms with van der Waals surface area (Å²) in [7, 11) is 2.20. The molecule has 2 aliphatic heterocycles. The van der Waals surface area contributed by atoms with Crippen molar-refractivity contribution < 1.29 is 4.79 Å². The number of aromatic nitrogens is 1. The molecule has 4 nitrogen and oxygen atoms in total. The van der Waals surface area contributed by atoms with Crippen molar-refractivity contribution in [1.82, 2.24) is 14.4 Å². The van der Waals surface area contributed by atoms with E-state index in [1.807, 2.05) is 24.5 Å². The summed E-state index contributed by atoms with van der Waals surface area (Å²) < 4.78 is 2.09. The van der Waals surface area contributed by atoms with Crippen LogP contribution in [0.5, 0.6) is 0 Å². The number of hydrogen-bond acceptors (Lipinski definition) is 2. The molecule has 1 spiro atoms. The lowest BCUT2D eigenvalue weighted by atomic mass is 9.78. The fourth-order valence-corrected chi connectivity index (χ4v) is 4.06. The van der Waals surface area contributed by atoms with Gasteiger partial charge in [-0.25, -0.2) is 0 Å². The quantitative estimate of drug-likeness (QED) is 0.855. The molecule has 0 N–H and O–H groups in total. The van der Waals surface area contributed by atoms with E-state index in [4.69, 9.17) is 0 Å². The van der Waals surface area contributed by atoms with Gasteiger partial charge in [0.05, 0.1) is 0 Å². The van der Waals surface area contributed by atoms with Crippen molar-refractivity contribution in [2.45, 2.75) is 45.1 Å². The first-order valence-electron chi connectivity index (χ1n) is 8.73. The van der Waals surface area contributed by atoms with Gasteiger partial charge in [-0.15, -0.1) is 0 Å². The lowest BCUT2D eigenvalue weighted by Crippen LogP contribution is -2.42. The first-order valence-corrected chi connectivity index (χ1v) is 8.73. The predicted octanol–water partition coefficient (Wildman–Crippen LogP) is 2.77. The third kappa shape index (κ3) is 3.07. The lowest BCUT2D eigenvalue weighted by molar-refractivity contribution is -0.134. The normalized spacial score (nSPS) is 23.1. The molecule has 0 bridgehead atoms. The maximum absolute atomic E-state index is 13.0. The van der Waals surface area contributed by atoms with Crippen molar-refractivity contribution in [2.75, 3.05) is 33.2 Å². The van der Waals surface area contributed by atoms with Crippen LogP contribution in [0, 0.1) is 5.41 Å². The van der Waals surface area contributed by atoms with E-state index in [9.17, 15) is 4.79 Å². The summed E-state index contributed by atoms with van der Waals surface area (Å²) in [5, 5.41) is 0. The van der Waals surface area contributed by atoms with Crippen molar-refractivity contribution in [3.05, 3.63) is 24.5 Å². The predicted molar refractivity (Wildman–Crippen MR) is 88.7 cm³/mol. The zero-order valence-corrected chi connectivity index (χ0v) is 14.0. The van der Waals surface area contributed by atoms with Crippen LogP contribution in [0.4, 0.5) is 0 Å². The summed E-state index contributed by atoms with van der Waals surface area (Å²) in [5.74, 6) is 0.328. The summed E-state index contributed by atoms with van der Waals surface area (Å²) >= 11 is 0. The number of piperidine rings is 1. The smallest absolute Gasteiger partial charge is 0.245 e. The van der Waals surface area contributed by atoms with Gasteiger partial charge < -0.3 is 14.4 Å². The largest absolute Gasteiger partial charge is 0.342 e. The monoisotopic (exact) mass is 303 g/mol. The molecule has 4 heteroatoms. The van der Waals surface area contributed by atoms with Crippen molar-refractivity contribution in [2.24, 2.45) is 5.41 Å². The number of carbonyl (C=O) groups excluding carboxylic acids is 1. The number of amides is 1. The molecule has 2 saturated heterocycles. The second kappa shape index (κ2) is 6.45. The molecule has 1 atom stereocenters. The van der Waals surface area contributed by atoms with Gasteiger partial charge in [-0.3, -0.25) is 4.79 Å². The Labute approximate surface area is 134 Å². The molecule has 0 unspecified atom stereocenters. The molecule has 1 aromatic heterocycles. The molecule has 0 radical (unpaired) electrons. The highest BCUT2D eigenvalue weighted by atomic mass is 16.2. The Hall–Kier alpha value is -1.29. The van der Waals surface area contributed by atoms with Crippen LogP contribution < -0.4 is 0 Å². The third-order valence-electron chi connectivity index (χ3n) is 5.63. The number of hydrogen-bond donors (Lipinski definition) is 0. The number of rotatable bonds is 4. The van der Waals surface area contributed by atoms with E-state index in [0.29, 0.717) is 11.3 Å². The zero-order valence-electron chi connectivity index (χ0n) is 14.0. The Bertz CT molecular complexity index is 488. The molecule has 2 aliphatic rings. The van der Waals surface area contributed by atoms with Crippen LogP contribution in [0.15, 0.2) is 24.5 Å². The Morgan fingerprint density at radius 1 is 1.14 bits per heavy atom. The van der Waals surface area contributed by atoms with Crippen molar-refractivity contribution in [3.8, 4) is 0 Å². The van der Waals surface area contributed by atoms with E-state index < -0.39 is 0 Å². The molecule has 3 heterocycles. The van der Waals surface area contributed by atoms with Crippen LogP contribution >= 0.6 is 0 Å². The Balaban J connectivity index is 1.67. The van der Waals surface area contributed by atoms with Crippen LogP contribution in [-0.4, -0.2) is 53.5 Å². The van der Waals surface area contributed by atoms with Gasteiger partial charge in [-0.05, 0) is 63.4 Å². The van der Waals surface area contributed by atoms with Crippen LogP contribution in [-0.2, 0) is 4.79 Å². The molecule has 0 saturated carbocycles. The van der Waals surface area contributed by atoms with Gasteiger partial charge in [-0.2, -0.15) is 0 Å². The van der Waals surface area contributed by atoms with Crippen molar-refractivity contribution >= 4 is 5.91 Å². The maximum Gasteiger partial charge on any atom is 0.245 e. The average molecular weight is 303 g/mol. The molecule has 0 aromatic carbocycles. The molecule has 3 rings (SSSR count). The highest BCUT2D eigenvalue weighted by molar-refractivity contribution is 5.80. The summed E-state index contributed by atoms with van der Waals surface area (Å²) in [6, 6.07) is 4.01. The Kier molecular flexibility index (Phi) is 4.57. The maximum atomic E-state index is 13.0.